The number of primary amides is 1. The Morgan fingerprint density at radius 3 is 2.79 bits per heavy atom. The number of anilines is 2. The maximum absolute atomic E-state index is 11.1. The lowest BCUT2D eigenvalue weighted by Gasteiger charge is -2.29. The number of hydrogen-bond acceptors (Lipinski definition) is 6. The Bertz CT molecular complexity index is 468. The van der Waals surface area contributed by atoms with Gasteiger partial charge in [0.25, 0.3) is 5.91 Å². The third-order valence-electron chi connectivity index (χ3n) is 3.28. The van der Waals surface area contributed by atoms with E-state index >= 15 is 0 Å². The predicted molar refractivity (Wildman–Crippen MR) is 73.9 cm³/mol. The summed E-state index contributed by atoms with van der Waals surface area (Å²) >= 11 is 5.52. The van der Waals surface area contributed by atoms with Gasteiger partial charge in [-0.2, -0.15) is 4.98 Å². The number of nitrogens with zero attached hydrogens (tertiary/aromatic N) is 2. The normalized spacial score (nSPS) is 22.8. The number of amides is 1. The molecule has 1 amide bonds. The molecule has 7 nitrogen and oxygen atoms in total. The molecule has 1 aromatic heterocycles. The Kier molecular flexibility index (Phi) is 4.39. The maximum atomic E-state index is 11.1. The quantitative estimate of drug-likeness (QED) is 0.608. The summed E-state index contributed by atoms with van der Waals surface area (Å²) in [5.74, 6) is -0.0596. The molecule has 1 heterocycles. The molecule has 1 aliphatic carbocycles. The molecule has 0 aromatic carbocycles. The first kappa shape index (κ1) is 13.8. The van der Waals surface area contributed by atoms with Crippen LogP contribution in [0.2, 0.25) is 0 Å². The van der Waals surface area contributed by atoms with Crippen molar-refractivity contribution in [1.82, 2.24) is 9.97 Å². The van der Waals surface area contributed by atoms with Crippen molar-refractivity contribution in [3.8, 4) is 0 Å². The van der Waals surface area contributed by atoms with E-state index in [9.17, 15) is 4.79 Å². The van der Waals surface area contributed by atoms with Crippen molar-refractivity contribution in [2.45, 2.75) is 37.8 Å². The zero-order chi connectivity index (χ0) is 13.8. The second kappa shape index (κ2) is 6.03. The number of rotatable bonds is 4. The van der Waals surface area contributed by atoms with Gasteiger partial charge in [-0.1, -0.05) is 12.8 Å². The molecule has 2 atom stereocenters. The van der Waals surface area contributed by atoms with Gasteiger partial charge in [0.1, 0.15) is 5.56 Å². The van der Waals surface area contributed by atoms with E-state index in [-0.39, 0.29) is 23.5 Å². The fraction of sp³-hybridized carbons (Fsp3) is 0.545. The summed E-state index contributed by atoms with van der Waals surface area (Å²) in [4.78, 5) is 21.6. The number of carbonyl (C=O) groups is 1. The lowest BCUT2D eigenvalue weighted by atomic mass is 9.91. The van der Waals surface area contributed by atoms with Crippen molar-refractivity contribution in [1.29, 1.82) is 0 Å². The fourth-order valence-corrected chi connectivity index (χ4v) is 2.35. The average Bonchev–Trinajstić information content (AvgIpc) is 2.41. The van der Waals surface area contributed by atoms with E-state index in [0.29, 0.717) is 5.95 Å². The number of nitrogens with two attached hydrogens (primary N) is 2. The standard InChI is InChI=1S/C11H17ClN6O/c12-18-10-6(9(14)19)5-15-11(17-10)16-8-4-2-1-3-7(8)13/h5,7-8H,1-4,13H2,(H2,14,19)(H2,15,16,17,18)/t7-,8+/m0/s1. The van der Waals surface area contributed by atoms with Crippen LogP contribution in [0.3, 0.4) is 0 Å². The van der Waals surface area contributed by atoms with Crippen LogP contribution in [-0.4, -0.2) is 28.0 Å². The molecule has 6 N–H and O–H groups in total. The first-order chi connectivity index (χ1) is 9.11. The minimum atomic E-state index is -0.635. The average molecular weight is 285 g/mol. The van der Waals surface area contributed by atoms with Crippen molar-refractivity contribution in [2.24, 2.45) is 11.5 Å². The Morgan fingerprint density at radius 1 is 1.42 bits per heavy atom. The minimum Gasteiger partial charge on any atom is -0.365 e. The zero-order valence-electron chi connectivity index (χ0n) is 10.4. The summed E-state index contributed by atoms with van der Waals surface area (Å²) in [7, 11) is 0. The monoisotopic (exact) mass is 284 g/mol. The Hall–Kier alpha value is -1.60. The highest BCUT2D eigenvalue weighted by atomic mass is 35.5. The molecule has 19 heavy (non-hydrogen) atoms. The molecule has 1 aliphatic rings. The summed E-state index contributed by atoms with van der Waals surface area (Å²) in [6.45, 7) is 0. The van der Waals surface area contributed by atoms with Crippen LogP contribution < -0.4 is 21.6 Å². The molecule has 0 unspecified atom stereocenters. The van der Waals surface area contributed by atoms with E-state index in [1.807, 2.05) is 0 Å². The molecule has 0 aliphatic heterocycles. The van der Waals surface area contributed by atoms with Crippen LogP contribution in [-0.2, 0) is 0 Å². The van der Waals surface area contributed by atoms with Gasteiger partial charge in [-0.3, -0.25) is 9.63 Å². The van der Waals surface area contributed by atoms with Gasteiger partial charge < -0.3 is 16.8 Å². The summed E-state index contributed by atoms with van der Waals surface area (Å²) in [5.41, 5.74) is 11.4. The van der Waals surface area contributed by atoms with Crippen molar-refractivity contribution < 1.29 is 4.79 Å². The molecule has 0 saturated heterocycles. The lowest BCUT2D eigenvalue weighted by Crippen LogP contribution is -2.43. The first-order valence-corrected chi connectivity index (χ1v) is 6.55. The van der Waals surface area contributed by atoms with Crippen LogP contribution >= 0.6 is 11.8 Å². The number of aromatic nitrogens is 2. The molecular formula is C11H17ClN6O. The number of carbonyl (C=O) groups excluding carboxylic acids is 1. The van der Waals surface area contributed by atoms with Crippen LogP contribution in [0.25, 0.3) is 0 Å². The largest absolute Gasteiger partial charge is 0.365 e. The van der Waals surface area contributed by atoms with Gasteiger partial charge in [-0.15, -0.1) is 0 Å². The van der Waals surface area contributed by atoms with Crippen molar-refractivity contribution in [2.75, 3.05) is 10.2 Å². The molecule has 0 radical (unpaired) electrons. The molecule has 0 bridgehead atoms. The molecule has 2 rings (SSSR count). The molecule has 1 aromatic rings. The molecule has 1 saturated carbocycles. The second-order valence-electron chi connectivity index (χ2n) is 4.61. The fourth-order valence-electron chi connectivity index (χ4n) is 2.21. The van der Waals surface area contributed by atoms with Crippen LogP contribution in [0.4, 0.5) is 11.8 Å². The van der Waals surface area contributed by atoms with Gasteiger partial charge in [0, 0.05) is 30.1 Å². The van der Waals surface area contributed by atoms with Crippen LogP contribution in [0, 0.1) is 0 Å². The maximum Gasteiger partial charge on any atom is 0.254 e. The van der Waals surface area contributed by atoms with E-state index in [0.717, 1.165) is 25.7 Å². The summed E-state index contributed by atoms with van der Waals surface area (Å²) < 4.78 is 0. The highest BCUT2D eigenvalue weighted by Crippen LogP contribution is 2.21. The highest BCUT2D eigenvalue weighted by Gasteiger charge is 2.22. The summed E-state index contributed by atoms with van der Waals surface area (Å²) in [6, 6.07) is 0.219. The molecule has 8 heteroatoms. The zero-order valence-corrected chi connectivity index (χ0v) is 11.2. The summed E-state index contributed by atoms with van der Waals surface area (Å²) in [6.07, 6.45) is 5.58. The van der Waals surface area contributed by atoms with Crippen LogP contribution in [0.1, 0.15) is 36.0 Å². The number of hydrogen-bond donors (Lipinski definition) is 4. The molecule has 0 spiro atoms. The first-order valence-electron chi connectivity index (χ1n) is 6.17. The predicted octanol–water partition coefficient (Wildman–Crippen LogP) is 0.823. The third kappa shape index (κ3) is 3.24. The van der Waals surface area contributed by atoms with Crippen molar-refractivity contribution >= 4 is 29.5 Å². The van der Waals surface area contributed by atoms with E-state index in [2.05, 4.69) is 20.1 Å². The Balaban J connectivity index is 2.14. The SMILES string of the molecule is NC(=O)c1cnc(N[C@@H]2CCCC[C@@H]2N)nc1NCl. The van der Waals surface area contributed by atoms with E-state index in [1.54, 1.807) is 0 Å². The van der Waals surface area contributed by atoms with Crippen LogP contribution in [0.15, 0.2) is 6.20 Å². The van der Waals surface area contributed by atoms with Gasteiger partial charge in [0.15, 0.2) is 5.82 Å². The van der Waals surface area contributed by atoms with Crippen molar-refractivity contribution in [3.05, 3.63) is 11.8 Å². The third-order valence-corrected chi connectivity index (χ3v) is 3.46. The highest BCUT2D eigenvalue weighted by molar-refractivity contribution is 6.24. The molecule has 1 fully saturated rings. The topological polar surface area (TPSA) is 119 Å². The molecule has 104 valence electrons. The smallest absolute Gasteiger partial charge is 0.254 e. The van der Waals surface area contributed by atoms with E-state index in [4.69, 9.17) is 23.2 Å². The molecular weight excluding hydrogens is 268 g/mol. The van der Waals surface area contributed by atoms with Gasteiger partial charge in [-0.25, -0.2) is 4.98 Å². The van der Waals surface area contributed by atoms with Crippen molar-refractivity contribution in [3.63, 3.8) is 0 Å². The Labute approximate surface area is 116 Å². The van der Waals surface area contributed by atoms with E-state index < -0.39 is 5.91 Å². The van der Waals surface area contributed by atoms with Crippen LogP contribution in [0.5, 0.6) is 0 Å². The second-order valence-corrected chi connectivity index (χ2v) is 4.80. The number of halogens is 1. The van der Waals surface area contributed by atoms with Gasteiger partial charge in [0.05, 0.1) is 0 Å². The van der Waals surface area contributed by atoms with Gasteiger partial charge >= 0.3 is 0 Å². The summed E-state index contributed by atoms with van der Waals surface area (Å²) in [5, 5.41) is 3.17. The van der Waals surface area contributed by atoms with Gasteiger partial charge in [-0.05, 0) is 12.8 Å². The minimum absolute atomic E-state index is 0.0839. The number of nitrogens with one attached hydrogen (secondary N) is 2. The van der Waals surface area contributed by atoms with E-state index in [1.165, 1.54) is 6.20 Å². The lowest BCUT2D eigenvalue weighted by molar-refractivity contribution is 0.100. The van der Waals surface area contributed by atoms with Gasteiger partial charge in [0.2, 0.25) is 5.95 Å². The Morgan fingerprint density at radius 2 is 2.16 bits per heavy atom.